The van der Waals surface area contributed by atoms with Gasteiger partial charge < -0.3 is 5.21 Å². The van der Waals surface area contributed by atoms with Crippen molar-refractivity contribution in [1.82, 2.24) is 0 Å². The number of benzene rings is 1. The average molecular weight is 211 g/mol. The van der Waals surface area contributed by atoms with Crippen LogP contribution in [0.2, 0.25) is 0 Å². The molecule has 80 valence electrons. The summed E-state index contributed by atoms with van der Waals surface area (Å²) in [6, 6.07) is 3.32. The van der Waals surface area contributed by atoms with E-state index in [4.69, 9.17) is 5.21 Å². The molecule has 0 heterocycles. The summed E-state index contributed by atoms with van der Waals surface area (Å²) >= 11 is 0. The predicted octanol–water partition coefficient (Wildman–Crippen LogP) is 3.22. The molecule has 0 saturated heterocycles. The molecule has 2 nitrogen and oxygen atoms in total. The molecule has 0 aromatic heterocycles. The first-order chi connectivity index (χ1) is 7.04. The minimum Gasteiger partial charge on any atom is -0.411 e. The second-order valence-corrected chi connectivity index (χ2v) is 3.18. The lowest BCUT2D eigenvalue weighted by atomic mass is 10.1. The van der Waals surface area contributed by atoms with E-state index in [1.165, 1.54) is 18.2 Å². The van der Waals surface area contributed by atoms with Gasteiger partial charge in [0.05, 0.1) is 5.71 Å². The van der Waals surface area contributed by atoms with Crippen molar-refractivity contribution in [3.8, 4) is 0 Å². The fourth-order valence-electron chi connectivity index (χ4n) is 1.04. The van der Waals surface area contributed by atoms with Gasteiger partial charge in [0, 0.05) is 11.6 Å². The van der Waals surface area contributed by atoms with Gasteiger partial charge in [-0.1, -0.05) is 5.16 Å². The van der Waals surface area contributed by atoms with Gasteiger partial charge in [0.1, 0.15) is 11.6 Å². The summed E-state index contributed by atoms with van der Waals surface area (Å²) in [5.41, 5.74) is 1.26. The predicted molar refractivity (Wildman–Crippen MR) is 54.9 cm³/mol. The molecule has 1 aromatic carbocycles. The Morgan fingerprint density at radius 3 is 2.53 bits per heavy atom. The standard InChI is InChI=1S/C11H11F2NO/c1-7(8(2)14-15)5-9-3-4-10(12)6-11(9)13/h3-6,15H,1-2H3/b7-5-,14-8+. The number of hydrogen-bond acceptors (Lipinski definition) is 2. The van der Waals surface area contributed by atoms with E-state index in [2.05, 4.69) is 5.16 Å². The van der Waals surface area contributed by atoms with Crippen LogP contribution < -0.4 is 0 Å². The highest BCUT2D eigenvalue weighted by Crippen LogP contribution is 2.13. The minimum atomic E-state index is -0.639. The van der Waals surface area contributed by atoms with Gasteiger partial charge in [-0.25, -0.2) is 8.78 Å². The van der Waals surface area contributed by atoms with Gasteiger partial charge in [-0.3, -0.25) is 0 Å². The highest BCUT2D eigenvalue weighted by Gasteiger charge is 2.02. The Hall–Kier alpha value is -1.71. The van der Waals surface area contributed by atoms with Crippen LogP contribution in [0.25, 0.3) is 6.08 Å². The summed E-state index contributed by atoms with van der Waals surface area (Å²) in [6.07, 6.45) is 1.49. The number of hydrogen-bond donors (Lipinski definition) is 1. The van der Waals surface area contributed by atoms with Gasteiger partial charge in [0.2, 0.25) is 0 Å². The molecular weight excluding hydrogens is 200 g/mol. The summed E-state index contributed by atoms with van der Waals surface area (Å²) in [6.45, 7) is 3.27. The van der Waals surface area contributed by atoms with Crippen molar-refractivity contribution in [3.63, 3.8) is 0 Å². The molecule has 0 aliphatic heterocycles. The fraction of sp³-hybridized carbons (Fsp3) is 0.182. The maximum atomic E-state index is 13.2. The normalized spacial score (nSPS) is 13.1. The summed E-state index contributed by atoms with van der Waals surface area (Å²) in [5.74, 6) is -1.25. The Morgan fingerprint density at radius 1 is 1.33 bits per heavy atom. The zero-order valence-electron chi connectivity index (χ0n) is 8.46. The van der Waals surface area contributed by atoms with Crippen LogP contribution in [0, 0.1) is 11.6 Å². The van der Waals surface area contributed by atoms with Crippen molar-refractivity contribution in [1.29, 1.82) is 0 Å². The molecule has 0 saturated carbocycles. The Labute approximate surface area is 86.5 Å². The van der Waals surface area contributed by atoms with Crippen LogP contribution in [0.15, 0.2) is 28.9 Å². The Morgan fingerprint density at radius 2 is 2.00 bits per heavy atom. The van der Waals surface area contributed by atoms with Crippen LogP contribution in [0.4, 0.5) is 8.78 Å². The van der Waals surface area contributed by atoms with Crippen LogP contribution in [-0.4, -0.2) is 10.9 Å². The first kappa shape index (κ1) is 11.4. The van der Waals surface area contributed by atoms with E-state index in [9.17, 15) is 8.78 Å². The van der Waals surface area contributed by atoms with Gasteiger partial charge in [-0.05, 0) is 37.6 Å². The van der Waals surface area contributed by atoms with Crippen LogP contribution in [0.1, 0.15) is 19.4 Å². The zero-order valence-corrected chi connectivity index (χ0v) is 8.46. The molecule has 1 N–H and O–H groups in total. The number of nitrogens with zero attached hydrogens (tertiary/aromatic N) is 1. The van der Waals surface area contributed by atoms with E-state index in [0.29, 0.717) is 11.3 Å². The average Bonchev–Trinajstić information content (AvgIpc) is 2.20. The minimum absolute atomic E-state index is 0.261. The Kier molecular flexibility index (Phi) is 3.55. The number of allylic oxidation sites excluding steroid dienone is 1. The second-order valence-electron chi connectivity index (χ2n) is 3.18. The van der Waals surface area contributed by atoms with Gasteiger partial charge in [0.15, 0.2) is 0 Å². The van der Waals surface area contributed by atoms with E-state index in [1.807, 2.05) is 0 Å². The maximum absolute atomic E-state index is 13.2. The molecule has 0 aliphatic carbocycles. The third kappa shape index (κ3) is 2.87. The van der Waals surface area contributed by atoms with Crippen molar-refractivity contribution < 1.29 is 14.0 Å². The Balaban J connectivity index is 3.09. The molecular formula is C11H11F2NO. The highest BCUT2D eigenvalue weighted by atomic mass is 19.1. The van der Waals surface area contributed by atoms with Crippen LogP contribution in [-0.2, 0) is 0 Å². The smallest absolute Gasteiger partial charge is 0.133 e. The molecule has 1 rings (SSSR count). The maximum Gasteiger partial charge on any atom is 0.133 e. The molecule has 0 amide bonds. The molecule has 15 heavy (non-hydrogen) atoms. The van der Waals surface area contributed by atoms with Gasteiger partial charge >= 0.3 is 0 Å². The summed E-state index contributed by atoms with van der Waals surface area (Å²) < 4.78 is 25.8. The van der Waals surface area contributed by atoms with Gasteiger partial charge in [-0.2, -0.15) is 0 Å². The third-order valence-corrected chi connectivity index (χ3v) is 2.06. The first-order valence-electron chi connectivity index (χ1n) is 4.37. The number of halogens is 2. The SMILES string of the molecule is CC(=C/c1ccc(F)cc1F)/C(C)=N/O. The molecule has 1 aromatic rings. The van der Waals surface area contributed by atoms with Crippen LogP contribution in [0.5, 0.6) is 0 Å². The monoisotopic (exact) mass is 211 g/mol. The molecule has 4 heteroatoms. The molecule has 0 atom stereocenters. The van der Waals surface area contributed by atoms with Crippen molar-refractivity contribution in [2.24, 2.45) is 5.16 Å². The summed E-state index contributed by atoms with van der Waals surface area (Å²) in [4.78, 5) is 0. The number of rotatable bonds is 2. The molecule has 0 spiro atoms. The lowest BCUT2D eigenvalue weighted by Crippen LogP contribution is -1.94. The molecule has 0 bridgehead atoms. The molecule has 0 aliphatic rings. The van der Waals surface area contributed by atoms with Crippen molar-refractivity contribution in [2.75, 3.05) is 0 Å². The van der Waals surface area contributed by atoms with Crippen LogP contribution >= 0.6 is 0 Å². The van der Waals surface area contributed by atoms with E-state index in [1.54, 1.807) is 13.8 Å². The van der Waals surface area contributed by atoms with Gasteiger partial charge in [-0.15, -0.1) is 0 Å². The first-order valence-corrected chi connectivity index (χ1v) is 4.37. The second kappa shape index (κ2) is 4.68. The third-order valence-electron chi connectivity index (χ3n) is 2.06. The van der Waals surface area contributed by atoms with E-state index < -0.39 is 11.6 Å². The van der Waals surface area contributed by atoms with Crippen molar-refractivity contribution >= 4 is 11.8 Å². The van der Waals surface area contributed by atoms with Gasteiger partial charge in [0.25, 0.3) is 0 Å². The summed E-state index contributed by atoms with van der Waals surface area (Å²) in [7, 11) is 0. The van der Waals surface area contributed by atoms with Crippen LogP contribution in [0.3, 0.4) is 0 Å². The highest BCUT2D eigenvalue weighted by molar-refractivity contribution is 6.01. The number of oxime groups is 1. The molecule has 0 radical (unpaired) electrons. The largest absolute Gasteiger partial charge is 0.411 e. The summed E-state index contributed by atoms with van der Waals surface area (Å²) in [5, 5.41) is 11.5. The quantitative estimate of drug-likeness (QED) is 0.454. The molecule has 0 fully saturated rings. The van der Waals surface area contributed by atoms with E-state index in [-0.39, 0.29) is 5.56 Å². The van der Waals surface area contributed by atoms with E-state index >= 15 is 0 Å². The Bertz CT molecular complexity index is 425. The molecule has 0 unspecified atom stereocenters. The lowest BCUT2D eigenvalue weighted by molar-refractivity contribution is 0.319. The van der Waals surface area contributed by atoms with Crippen molar-refractivity contribution in [2.45, 2.75) is 13.8 Å². The fourth-order valence-corrected chi connectivity index (χ4v) is 1.04. The van der Waals surface area contributed by atoms with E-state index in [0.717, 1.165) is 6.07 Å². The van der Waals surface area contributed by atoms with Crippen molar-refractivity contribution in [3.05, 3.63) is 41.0 Å². The zero-order chi connectivity index (χ0) is 11.4. The topological polar surface area (TPSA) is 32.6 Å². The lowest BCUT2D eigenvalue weighted by Gasteiger charge is -2.00.